The minimum atomic E-state index is 0.523. The van der Waals surface area contributed by atoms with Crippen molar-refractivity contribution in [3.05, 3.63) is 64.7 Å². The van der Waals surface area contributed by atoms with Gasteiger partial charge in [0.15, 0.2) is 0 Å². The highest BCUT2D eigenvalue weighted by atomic mass is 35.5. The lowest BCUT2D eigenvalue weighted by atomic mass is 10.1. The zero-order valence-electron chi connectivity index (χ0n) is 11.6. The van der Waals surface area contributed by atoms with Crippen molar-refractivity contribution in [2.45, 2.75) is 19.5 Å². The van der Waals surface area contributed by atoms with Crippen LogP contribution in [0.4, 0.5) is 0 Å². The van der Waals surface area contributed by atoms with E-state index in [2.05, 4.69) is 36.1 Å². The van der Waals surface area contributed by atoms with E-state index in [0.29, 0.717) is 6.04 Å². The second kappa shape index (κ2) is 5.86. The fraction of sp³-hybridized carbons (Fsp3) is 0.294. The highest BCUT2D eigenvalue weighted by molar-refractivity contribution is 6.30. The van der Waals surface area contributed by atoms with E-state index in [4.69, 9.17) is 16.3 Å². The van der Waals surface area contributed by atoms with Gasteiger partial charge in [-0.1, -0.05) is 47.5 Å². The fourth-order valence-electron chi connectivity index (χ4n) is 2.25. The van der Waals surface area contributed by atoms with Crippen molar-refractivity contribution in [1.29, 1.82) is 0 Å². The number of halogens is 1. The summed E-state index contributed by atoms with van der Waals surface area (Å²) in [7, 11) is 0. The molecular weight excluding hydrogens is 270 g/mol. The highest BCUT2D eigenvalue weighted by Crippen LogP contribution is 2.23. The van der Waals surface area contributed by atoms with Gasteiger partial charge in [-0.05, 0) is 30.7 Å². The Bertz CT molecular complexity index is 582. The number of aryl methyl sites for hydroxylation is 1. The molecule has 2 nitrogen and oxygen atoms in total. The van der Waals surface area contributed by atoms with Crippen molar-refractivity contribution < 1.29 is 4.74 Å². The number of benzene rings is 2. The minimum absolute atomic E-state index is 0.523. The van der Waals surface area contributed by atoms with Gasteiger partial charge in [0.2, 0.25) is 0 Å². The molecular formula is C17H18ClNO. The van der Waals surface area contributed by atoms with Crippen molar-refractivity contribution in [3.63, 3.8) is 0 Å². The maximum atomic E-state index is 5.93. The van der Waals surface area contributed by atoms with Gasteiger partial charge in [-0.3, -0.25) is 4.90 Å². The molecule has 0 spiro atoms. The SMILES string of the molecule is Cc1ccc(CN2CC2COc2cccc(Cl)c2)cc1. The molecule has 1 saturated heterocycles. The summed E-state index contributed by atoms with van der Waals surface area (Å²) in [6, 6.07) is 16.8. The zero-order chi connectivity index (χ0) is 13.9. The van der Waals surface area contributed by atoms with Crippen LogP contribution >= 0.6 is 11.6 Å². The molecule has 0 amide bonds. The molecule has 0 N–H and O–H groups in total. The summed E-state index contributed by atoms with van der Waals surface area (Å²) in [5.74, 6) is 0.847. The first-order valence-corrected chi connectivity index (χ1v) is 7.26. The van der Waals surface area contributed by atoms with Gasteiger partial charge in [0.25, 0.3) is 0 Å². The van der Waals surface area contributed by atoms with E-state index in [-0.39, 0.29) is 0 Å². The van der Waals surface area contributed by atoms with Crippen molar-refractivity contribution in [2.24, 2.45) is 0 Å². The van der Waals surface area contributed by atoms with Crippen LogP contribution < -0.4 is 4.74 Å². The first kappa shape index (κ1) is 13.5. The van der Waals surface area contributed by atoms with E-state index >= 15 is 0 Å². The second-order valence-corrected chi connectivity index (χ2v) is 5.77. The third kappa shape index (κ3) is 3.53. The van der Waals surface area contributed by atoms with Crippen molar-refractivity contribution in [3.8, 4) is 5.75 Å². The molecule has 20 heavy (non-hydrogen) atoms. The average Bonchev–Trinajstić information content (AvgIpc) is 3.18. The topological polar surface area (TPSA) is 12.2 Å². The molecule has 0 bridgehead atoms. The van der Waals surface area contributed by atoms with Crippen LogP contribution in [0.1, 0.15) is 11.1 Å². The molecule has 1 fully saturated rings. The summed E-state index contributed by atoms with van der Waals surface area (Å²) in [4.78, 5) is 2.41. The molecule has 1 aliphatic rings. The second-order valence-electron chi connectivity index (χ2n) is 5.34. The van der Waals surface area contributed by atoms with Crippen LogP contribution in [0.3, 0.4) is 0 Å². The van der Waals surface area contributed by atoms with Gasteiger partial charge >= 0.3 is 0 Å². The smallest absolute Gasteiger partial charge is 0.120 e. The lowest BCUT2D eigenvalue weighted by Gasteiger charge is -2.07. The van der Waals surface area contributed by atoms with Gasteiger partial charge in [-0.2, -0.15) is 0 Å². The lowest BCUT2D eigenvalue weighted by Crippen LogP contribution is -2.10. The van der Waals surface area contributed by atoms with Crippen molar-refractivity contribution in [1.82, 2.24) is 4.90 Å². The number of nitrogens with zero attached hydrogens (tertiary/aromatic N) is 1. The van der Waals surface area contributed by atoms with Gasteiger partial charge < -0.3 is 4.74 Å². The first-order chi connectivity index (χ1) is 9.70. The first-order valence-electron chi connectivity index (χ1n) is 6.89. The Morgan fingerprint density at radius 3 is 2.75 bits per heavy atom. The van der Waals surface area contributed by atoms with Gasteiger partial charge in [0.05, 0.1) is 6.04 Å². The normalized spacial score (nSPS) is 20.7. The largest absolute Gasteiger partial charge is 0.492 e. The Morgan fingerprint density at radius 2 is 2.00 bits per heavy atom. The Morgan fingerprint density at radius 1 is 1.20 bits per heavy atom. The van der Waals surface area contributed by atoms with Gasteiger partial charge in [0, 0.05) is 18.1 Å². The van der Waals surface area contributed by atoms with E-state index < -0.39 is 0 Å². The standard InChI is InChI=1S/C17H18ClNO/c1-13-5-7-14(8-6-13)10-19-11-16(19)12-20-17-4-2-3-15(18)9-17/h2-9,16H,10-12H2,1H3. The van der Waals surface area contributed by atoms with Crippen LogP contribution in [0.25, 0.3) is 0 Å². The number of hydrogen-bond donors (Lipinski definition) is 0. The number of hydrogen-bond acceptors (Lipinski definition) is 2. The maximum Gasteiger partial charge on any atom is 0.120 e. The predicted octanol–water partition coefficient (Wildman–Crippen LogP) is 3.91. The molecule has 2 atom stereocenters. The van der Waals surface area contributed by atoms with Gasteiger partial charge in [-0.15, -0.1) is 0 Å². The molecule has 104 valence electrons. The maximum absolute atomic E-state index is 5.93. The highest BCUT2D eigenvalue weighted by Gasteiger charge is 2.34. The summed E-state index contributed by atoms with van der Waals surface area (Å²) in [6.45, 7) is 4.95. The summed E-state index contributed by atoms with van der Waals surface area (Å²) in [6.07, 6.45) is 0. The molecule has 0 saturated carbocycles. The van der Waals surface area contributed by atoms with E-state index in [1.807, 2.05) is 24.3 Å². The van der Waals surface area contributed by atoms with Crippen LogP contribution in [0.5, 0.6) is 5.75 Å². The Kier molecular flexibility index (Phi) is 3.95. The van der Waals surface area contributed by atoms with Crippen LogP contribution in [0.2, 0.25) is 5.02 Å². The summed E-state index contributed by atoms with van der Waals surface area (Å²) in [5, 5.41) is 0.717. The molecule has 0 aromatic heterocycles. The van der Waals surface area contributed by atoms with E-state index in [0.717, 1.165) is 30.5 Å². The molecule has 3 rings (SSSR count). The van der Waals surface area contributed by atoms with Crippen LogP contribution in [-0.4, -0.2) is 24.1 Å². The fourth-order valence-corrected chi connectivity index (χ4v) is 2.43. The monoisotopic (exact) mass is 287 g/mol. The van der Waals surface area contributed by atoms with Gasteiger partial charge in [0.1, 0.15) is 12.4 Å². The molecule has 0 aliphatic carbocycles. The van der Waals surface area contributed by atoms with Crippen molar-refractivity contribution in [2.75, 3.05) is 13.2 Å². The average molecular weight is 288 g/mol. The molecule has 2 unspecified atom stereocenters. The molecule has 2 aromatic carbocycles. The zero-order valence-corrected chi connectivity index (χ0v) is 12.3. The summed E-state index contributed by atoms with van der Waals surface area (Å²) < 4.78 is 5.77. The minimum Gasteiger partial charge on any atom is -0.492 e. The molecule has 2 aromatic rings. The third-order valence-electron chi connectivity index (χ3n) is 3.57. The molecule has 3 heteroatoms. The van der Waals surface area contributed by atoms with Crippen LogP contribution in [0, 0.1) is 6.92 Å². The van der Waals surface area contributed by atoms with E-state index in [1.165, 1.54) is 11.1 Å². The Balaban J connectivity index is 1.46. The summed E-state index contributed by atoms with van der Waals surface area (Å²) >= 11 is 5.93. The molecule has 1 heterocycles. The Labute approximate surface area is 124 Å². The van der Waals surface area contributed by atoms with E-state index in [9.17, 15) is 0 Å². The lowest BCUT2D eigenvalue weighted by molar-refractivity contribution is 0.293. The summed E-state index contributed by atoms with van der Waals surface area (Å²) in [5.41, 5.74) is 2.67. The Hall–Kier alpha value is -1.51. The number of ether oxygens (including phenoxy) is 1. The predicted molar refractivity (Wildman–Crippen MR) is 82.3 cm³/mol. The van der Waals surface area contributed by atoms with E-state index in [1.54, 1.807) is 0 Å². The van der Waals surface area contributed by atoms with Crippen LogP contribution in [-0.2, 0) is 6.54 Å². The third-order valence-corrected chi connectivity index (χ3v) is 3.81. The quantitative estimate of drug-likeness (QED) is 0.773. The molecule has 0 radical (unpaired) electrons. The van der Waals surface area contributed by atoms with Gasteiger partial charge in [-0.25, -0.2) is 0 Å². The molecule has 1 aliphatic heterocycles. The van der Waals surface area contributed by atoms with Crippen LogP contribution in [0.15, 0.2) is 48.5 Å². The number of rotatable bonds is 5. The van der Waals surface area contributed by atoms with Crippen molar-refractivity contribution >= 4 is 11.6 Å².